The van der Waals surface area contributed by atoms with E-state index in [1.807, 2.05) is 6.07 Å². The quantitative estimate of drug-likeness (QED) is 0.897. The fraction of sp³-hybridized carbons (Fsp3) is 0.333. The van der Waals surface area contributed by atoms with Gasteiger partial charge < -0.3 is 14.7 Å². The molecule has 2 heterocycles. The maximum Gasteiger partial charge on any atom is 0.246 e. The molecule has 0 saturated carbocycles. The maximum atomic E-state index is 11.8. The van der Waals surface area contributed by atoms with Crippen LogP contribution in [0.2, 0.25) is 5.02 Å². The number of benzene rings is 1. The Kier molecular flexibility index (Phi) is 4.57. The lowest BCUT2D eigenvalue weighted by atomic mass is 10.2. The molecule has 2 aromatic rings. The Hall–Kier alpha value is -2.41. The second-order valence-electron chi connectivity index (χ2n) is 5.22. The summed E-state index contributed by atoms with van der Waals surface area (Å²) in [6.45, 7) is 0.814. The smallest absolute Gasteiger partial charge is 0.246 e. The summed E-state index contributed by atoms with van der Waals surface area (Å²) in [4.78, 5) is 29.0. The number of hydrogen-bond donors (Lipinski definition) is 1. The molecule has 0 unspecified atom stereocenters. The Morgan fingerprint density at radius 3 is 3.04 bits per heavy atom. The molecule has 8 heteroatoms. The molecule has 1 aromatic carbocycles. The van der Waals surface area contributed by atoms with Gasteiger partial charge in [0.15, 0.2) is 0 Å². The summed E-state index contributed by atoms with van der Waals surface area (Å²) in [6, 6.07) is 7.10. The van der Waals surface area contributed by atoms with E-state index < -0.39 is 0 Å². The van der Waals surface area contributed by atoms with Crippen molar-refractivity contribution in [3.8, 4) is 11.4 Å². The highest BCUT2D eigenvalue weighted by molar-refractivity contribution is 6.30. The van der Waals surface area contributed by atoms with E-state index in [0.717, 1.165) is 12.0 Å². The van der Waals surface area contributed by atoms with Crippen LogP contribution in [0.4, 0.5) is 0 Å². The molecular formula is C15H15ClN4O3. The number of likely N-dealkylation sites (tertiary alicyclic amines) is 1. The summed E-state index contributed by atoms with van der Waals surface area (Å²) in [6.07, 6.45) is 1.32. The van der Waals surface area contributed by atoms with Gasteiger partial charge in [-0.05, 0) is 18.6 Å². The number of nitrogens with one attached hydrogen (secondary N) is 1. The summed E-state index contributed by atoms with van der Waals surface area (Å²) in [5.74, 6) is 0.469. The Balaban J connectivity index is 1.55. The van der Waals surface area contributed by atoms with Crippen LogP contribution in [0.15, 0.2) is 28.8 Å². The number of aromatic nitrogens is 2. The van der Waals surface area contributed by atoms with E-state index in [2.05, 4.69) is 15.5 Å². The number of hydrogen-bond acceptors (Lipinski definition) is 5. The Bertz CT molecular complexity index is 731. The topological polar surface area (TPSA) is 88.3 Å². The Morgan fingerprint density at radius 2 is 2.30 bits per heavy atom. The zero-order valence-corrected chi connectivity index (χ0v) is 13.0. The minimum atomic E-state index is -0.247. The van der Waals surface area contributed by atoms with E-state index in [1.165, 1.54) is 0 Å². The van der Waals surface area contributed by atoms with E-state index in [1.54, 1.807) is 23.1 Å². The summed E-state index contributed by atoms with van der Waals surface area (Å²) in [7, 11) is 0. The highest BCUT2D eigenvalue weighted by atomic mass is 35.5. The second-order valence-corrected chi connectivity index (χ2v) is 5.65. The van der Waals surface area contributed by atoms with Crippen LogP contribution in [-0.2, 0) is 16.1 Å². The van der Waals surface area contributed by atoms with Gasteiger partial charge in [0.1, 0.15) is 0 Å². The first-order valence-electron chi connectivity index (χ1n) is 7.25. The first-order chi connectivity index (χ1) is 11.1. The average Bonchev–Trinajstić information content (AvgIpc) is 3.15. The van der Waals surface area contributed by atoms with Gasteiger partial charge in [-0.3, -0.25) is 9.59 Å². The Labute approximate surface area is 137 Å². The van der Waals surface area contributed by atoms with Gasteiger partial charge in [0.2, 0.25) is 23.5 Å². The van der Waals surface area contributed by atoms with Crippen LogP contribution < -0.4 is 5.32 Å². The van der Waals surface area contributed by atoms with Crippen LogP contribution in [0.3, 0.4) is 0 Å². The number of carbonyl (C=O) groups excluding carboxylic acids is 2. The molecule has 0 spiro atoms. The number of carbonyl (C=O) groups is 2. The normalized spacial score (nSPS) is 14.3. The number of rotatable bonds is 5. The molecule has 1 N–H and O–H groups in total. The van der Waals surface area contributed by atoms with Crippen molar-refractivity contribution >= 4 is 23.4 Å². The van der Waals surface area contributed by atoms with Crippen LogP contribution in [0.5, 0.6) is 0 Å². The third kappa shape index (κ3) is 3.87. The van der Waals surface area contributed by atoms with Crippen molar-refractivity contribution in [3.63, 3.8) is 0 Å². The fourth-order valence-electron chi connectivity index (χ4n) is 2.35. The average molecular weight is 335 g/mol. The molecule has 1 fully saturated rings. The molecule has 3 rings (SSSR count). The summed E-state index contributed by atoms with van der Waals surface area (Å²) in [5, 5.41) is 7.11. The first-order valence-corrected chi connectivity index (χ1v) is 7.62. The van der Waals surface area contributed by atoms with Crippen LogP contribution in [0, 0.1) is 0 Å². The maximum absolute atomic E-state index is 11.8. The van der Waals surface area contributed by atoms with E-state index in [0.29, 0.717) is 29.7 Å². The predicted octanol–water partition coefficient (Wildman–Crippen LogP) is 1.63. The first kappa shape index (κ1) is 15.5. The minimum Gasteiger partial charge on any atom is -0.345 e. The molecule has 1 saturated heterocycles. The van der Waals surface area contributed by atoms with Crippen molar-refractivity contribution < 1.29 is 14.1 Å². The molecule has 120 valence electrons. The van der Waals surface area contributed by atoms with Gasteiger partial charge in [-0.2, -0.15) is 4.98 Å². The fourth-order valence-corrected chi connectivity index (χ4v) is 2.54. The van der Waals surface area contributed by atoms with Crippen LogP contribution in [-0.4, -0.2) is 39.9 Å². The molecule has 23 heavy (non-hydrogen) atoms. The van der Waals surface area contributed by atoms with Gasteiger partial charge in [0.25, 0.3) is 0 Å². The second kappa shape index (κ2) is 6.78. The van der Waals surface area contributed by atoms with Crippen molar-refractivity contribution in [2.24, 2.45) is 0 Å². The van der Waals surface area contributed by atoms with Crippen LogP contribution >= 0.6 is 11.6 Å². The molecule has 0 aliphatic carbocycles. The van der Waals surface area contributed by atoms with E-state index in [-0.39, 0.29) is 24.9 Å². The SMILES string of the molecule is O=C(CN1CCCC1=O)NCc1nc(-c2cccc(Cl)c2)no1. The molecule has 1 aromatic heterocycles. The molecule has 1 aliphatic heterocycles. The largest absolute Gasteiger partial charge is 0.345 e. The van der Waals surface area contributed by atoms with Gasteiger partial charge in [-0.1, -0.05) is 28.9 Å². The number of amides is 2. The van der Waals surface area contributed by atoms with Crippen molar-refractivity contribution in [2.45, 2.75) is 19.4 Å². The van der Waals surface area contributed by atoms with Gasteiger partial charge in [-0.15, -0.1) is 0 Å². The molecule has 2 amide bonds. The minimum absolute atomic E-state index is 0.0150. The summed E-state index contributed by atoms with van der Waals surface area (Å²) in [5.41, 5.74) is 0.737. The molecule has 0 radical (unpaired) electrons. The van der Waals surface area contributed by atoms with E-state index in [4.69, 9.17) is 16.1 Å². The van der Waals surface area contributed by atoms with E-state index >= 15 is 0 Å². The standard InChI is InChI=1S/C15H15ClN4O3/c16-11-4-1-3-10(7-11)15-18-13(23-19-15)8-17-12(21)9-20-6-2-5-14(20)22/h1,3-4,7H,2,5-6,8-9H2,(H,17,21). The lowest BCUT2D eigenvalue weighted by molar-refractivity contribution is -0.133. The highest BCUT2D eigenvalue weighted by Gasteiger charge is 2.22. The van der Waals surface area contributed by atoms with Crippen molar-refractivity contribution in [1.82, 2.24) is 20.4 Å². The van der Waals surface area contributed by atoms with Gasteiger partial charge in [0, 0.05) is 23.6 Å². The predicted molar refractivity (Wildman–Crippen MR) is 82.4 cm³/mol. The summed E-state index contributed by atoms with van der Waals surface area (Å²) >= 11 is 5.92. The van der Waals surface area contributed by atoms with Crippen molar-refractivity contribution in [2.75, 3.05) is 13.1 Å². The summed E-state index contributed by atoms with van der Waals surface area (Å²) < 4.78 is 5.10. The molecule has 1 aliphatic rings. The molecule has 0 bridgehead atoms. The van der Waals surface area contributed by atoms with Gasteiger partial charge in [0.05, 0.1) is 13.1 Å². The third-order valence-corrected chi connectivity index (χ3v) is 3.73. The van der Waals surface area contributed by atoms with Crippen LogP contribution in [0.1, 0.15) is 18.7 Å². The third-order valence-electron chi connectivity index (χ3n) is 3.49. The highest BCUT2D eigenvalue weighted by Crippen LogP contribution is 2.19. The van der Waals surface area contributed by atoms with Crippen molar-refractivity contribution in [3.05, 3.63) is 35.2 Å². The van der Waals surface area contributed by atoms with E-state index in [9.17, 15) is 9.59 Å². The monoisotopic (exact) mass is 334 g/mol. The molecular weight excluding hydrogens is 320 g/mol. The zero-order valence-electron chi connectivity index (χ0n) is 12.3. The van der Waals surface area contributed by atoms with Gasteiger partial charge >= 0.3 is 0 Å². The lowest BCUT2D eigenvalue weighted by Gasteiger charge is -2.14. The Morgan fingerprint density at radius 1 is 1.43 bits per heavy atom. The number of nitrogens with zero attached hydrogens (tertiary/aromatic N) is 3. The lowest BCUT2D eigenvalue weighted by Crippen LogP contribution is -2.37. The van der Waals surface area contributed by atoms with Crippen LogP contribution in [0.25, 0.3) is 11.4 Å². The van der Waals surface area contributed by atoms with Crippen molar-refractivity contribution in [1.29, 1.82) is 0 Å². The number of halogens is 1. The molecule has 0 atom stereocenters. The zero-order chi connectivity index (χ0) is 16.2. The molecule has 7 nitrogen and oxygen atoms in total. The van der Waals surface area contributed by atoms with Gasteiger partial charge in [-0.25, -0.2) is 0 Å².